The molecule has 0 saturated heterocycles. The van der Waals surface area contributed by atoms with Crippen LogP contribution < -0.4 is 10.1 Å². The predicted octanol–water partition coefficient (Wildman–Crippen LogP) is 6.23. The third-order valence-corrected chi connectivity index (χ3v) is 5.35. The van der Waals surface area contributed by atoms with Gasteiger partial charge in [-0.15, -0.1) is 11.3 Å². The third kappa shape index (κ3) is 4.72. The third-order valence-electron chi connectivity index (χ3n) is 4.38. The molecule has 1 aromatic heterocycles. The lowest BCUT2D eigenvalue weighted by atomic mass is 10.1. The summed E-state index contributed by atoms with van der Waals surface area (Å²) < 4.78 is 19.2. The van der Waals surface area contributed by atoms with Crippen molar-refractivity contribution in [3.63, 3.8) is 0 Å². The van der Waals surface area contributed by atoms with Crippen molar-refractivity contribution in [3.05, 3.63) is 94.6 Å². The topological polar surface area (TPSA) is 51.2 Å². The zero-order chi connectivity index (χ0) is 20.9. The SMILES string of the molecule is Cc1nc(-c2ccc(F)cc2)c(CC(=O)Nc2ccccc2Oc2ccccc2)s1. The summed E-state index contributed by atoms with van der Waals surface area (Å²) in [6.07, 6.45) is 0.165. The number of hydrogen-bond acceptors (Lipinski definition) is 4. The molecule has 0 unspecified atom stereocenters. The number of halogens is 1. The molecule has 0 atom stereocenters. The van der Waals surface area contributed by atoms with E-state index < -0.39 is 0 Å². The number of ether oxygens (including phenoxy) is 1. The fraction of sp³-hybridized carbons (Fsp3) is 0.0833. The van der Waals surface area contributed by atoms with Gasteiger partial charge >= 0.3 is 0 Å². The second kappa shape index (κ2) is 8.88. The summed E-state index contributed by atoms with van der Waals surface area (Å²) in [5.74, 6) is 0.776. The van der Waals surface area contributed by atoms with Crippen molar-refractivity contribution in [1.29, 1.82) is 0 Å². The Hall–Kier alpha value is -3.51. The van der Waals surface area contributed by atoms with Crippen LogP contribution in [0.1, 0.15) is 9.88 Å². The molecule has 0 aliphatic heterocycles. The van der Waals surface area contributed by atoms with E-state index in [9.17, 15) is 9.18 Å². The predicted molar refractivity (Wildman–Crippen MR) is 118 cm³/mol. The molecule has 0 aliphatic rings. The first-order chi connectivity index (χ1) is 14.6. The van der Waals surface area contributed by atoms with Crippen LogP contribution in [-0.4, -0.2) is 10.9 Å². The molecule has 0 saturated carbocycles. The van der Waals surface area contributed by atoms with Crippen LogP contribution in [0.25, 0.3) is 11.3 Å². The quantitative estimate of drug-likeness (QED) is 0.404. The maximum atomic E-state index is 13.3. The van der Waals surface area contributed by atoms with E-state index in [2.05, 4.69) is 10.3 Å². The van der Waals surface area contributed by atoms with Crippen LogP contribution in [0.2, 0.25) is 0 Å². The molecule has 4 nitrogen and oxygen atoms in total. The maximum absolute atomic E-state index is 13.3. The summed E-state index contributed by atoms with van der Waals surface area (Å²) in [5, 5.41) is 3.78. The van der Waals surface area contributed by atoms with E-state index in [-0.39, 0.29) is 18.1 Å². The molecule has 4 rings (SSSR count). The van der Waals surface area contributed by atoms with Gasteiger partial charge in [0, 0.05) is 10.4 Å². The summed E-state index contributed by atoms with van der Waals surface area (Å²) in [5.41, 5.74) is 2.09. The molecule has 30 heavy (non-hydrogen) atoms. The first-order valence-corrected chi connectivity index (χ1v) is 10.2. The largest absolute Gasteiger partial charge is 0.455 e. The van der Waals surface area contributed by atoms with Crippen LogP contribution in [0.3, 0.4) is 0 Å². The number of para-hydroxylation sites is 3. The Kier molecular flexibility index (Phi) is 5.86. The summed E-state index contributed by atoms with van der Waals surface area (Å²) in [6, 6.07) is 22.8. The lowest BCUT2D eigenvalue weighted by Gasteiger charge is -2.12. The second-order valence-corrected chi connectivity index (χ2v) is 7.94. The maximum Gasteiger partial charge on any atom is 0.229 e. The Morgan fingerprint density at radius 2 is 1.70 bits per heavy atom. The van der Waals surface area contributed by atoms with Crippen LogP contribution in [0.5, 0.6) is 11.5 Å². The summed E-state index contributed by atoms with van der Waals surface area (Å²) in [4.78, 5) is 18.2. The monoisotopic (exact) mass is 418 g/mol. The van der Waals surface area contributed by atoms with E-state index in [0.29, 0.717) is 22.9 Å². The number of thiazole rings is 1. The molecule has 6 heteroatoms. The van der Waals surface area contributed by atoms with Gasteiger partial charge in [-0.05, 0) is 55.5 Å². The van der Waals surface area contributed by atoms with Gasteiger partial charge in [0.15, 0.2) is 5.75 Å². The van der Waals surface area contributed by atoms with Gasteiger partial charge in [-0.2, -0.15) is 0 Å². The molecule has 0 bridgehead atoms. The van der Waals surface area contributed by atoms with Crippen LogP contribution in [0.4, 0.5) is 10.1 Å². The molecule has 0 spiro atoms. The fourth-order valence-corrected chi connectivity index (χ4v) is 3.99. The summed E-state index contributed by atoms with van der Waals surface area (Å²) in [7, 11) is 0. The minimum Gasteiger partial charge on any atom is -0.455 e. The average molecular weight is 418 g/mol. The molecular formula is C24H19FN2O2S. The standard InChI is InChI=1S/C24H19FN2O2S/c1-16-26-24(17-11-13-18(25)14-12-17)22(30-16)15-23(28)27-20-9-5-6-10-21(20)29-19-7-3-2-4-8-19/h2-14H,15H2,1H3,(H,27,28). The van der Waals surface area contributed by atoms with E-state index in [1.165, 1.54) is 23.5 Å². The fourth-order valence-electron chi connectivity index (χ4n) is 3.04. The molecule has 150 valence electrons. The van der Waals surface area contributed by atoms with Crippen molar-refractivity contribution in [2.75, 3.05) is 5.32 Å². The number of carbonyl (C=O) groups excluding carboxylic acids is 1. The van der Waals surface area contributed by atoms with E-state index >= 15 is 0 Å². The van der Waals surface area contributed by atoms with Crippen LogP contribution >= 0.6 is 11.3 Å². The molecule has 1 heterocycles. The smallest absolute Gasteiger partial charge is 0.229 e. The number of benzene rings is 3. The number of nitrogens with one attached hydrogen (secondary N) is 1. The van der Waals surface area contributed by atoms with Gasteiger partial charge < -0.3 is 10.1 Å². The van der Waals surface area contributed by atoms with Crippen molar-refractivity contribution in [2.24, 2.45) is 0 Å². The Labute approximate surface area is 178 Å². The highest BCUT2D eigenvalue weighted by Crippen LogP contribution is 2.31. The van der Waals surface area contributed by atoms with Gasteiger partial charge in [-0.25, -0.2) is 9.37 Å². The first-order valence-electron chi connectivity index (χ1n) is 9.42. The number of aryl methyl sites for hydroxylation is 1. The van der Waals surface area contributed by atoms with Crippen molar-refractivity contribution >= 4 is 22.9 Å². The van der Waals surface area contributed by atoms with Gasteiger partial charge in [0.1, 0.15) is 11.6 Å². The van der Waals surface area contributed by atoms with Crippen molar-refractivity contribution in [1.82, 2.24) is 4.98 Å². The van der Waals surface area contributed by atoms with Crippen molar-refractivity contribution in [3.8, 4) is 22.8 Å². The van der Waals surface area contributed by atoms with Gasteiger partial charge in [0.05, 0.1) is 22.8 Å². The number of aromatic nitrogens is 1. The number of hydrogen-bond donors (Lipinski definition) is 1. The molecule has 4 aromatic rings. The number of amides is 1. The van der Waals surface area contributed by atoms with Gasteiger partial charge in [-0.3, -0.25) is 4.79 Å². The highest BCUT2D eigenvalue weighted by molar-refractivity contribution is 7.12. The zero-order valence-electron chi connectivity index (χ0n) is 16.3. The molecule has 0 aliphatic carbocycles. The Balaban J connectivity index is 1.52. The van der Waals surface area contributed by atoms with Gasteiger partial charge in [0.25, 0.3) is 0 Å². The highest BCUT2D eigenvalue weighted by Gasteiger charge is 2.16. The van der Waals surface area contributed by atoms with Gasteiger partial charge in [-0.1, -0.05) is 30.3 Å². The molecule has 3 aromatic carbocycles. The van der Waals surface area contributed by atoms with Crippen molar-refractivity contribution in [2.45, 2.75) is 13.3 Å². The highest BCUT2D eigenvalue weighted by atomic mass is 32.1. The summed E-state index contributed by atoms with van der Waals surface area (Å²) >= 11 is 1.46. The average Bonchev–Trinajstić information content (AvgIpc) is 3.10. The van der Waals surface area contributed by atoms with Gasteiger partial charge in [0.2, 0.25) is 5.91 Å². The second-order valence-electron chi connectivity index (χ2n) is 6.65. The minimum atomic E-state index is -0.306. The van der Waals surface area contributed by atoms with Crippen LogP contribution in [-0.2, 0) is 11.2 Å². The van der Waals surface area contributed by atoms with E-state index in [1.54, 1.807) is 18.2 Å². The van der Waals surface area contributed by atoms with Crippen LogP contribution in [0.15, 0.2) is 78.9 Å². The molecular weight excluding hydrogens is 399 g/mol. The first kappa shape index (κ1) is 19.8. The van der Waals surface area contributed by atoms with Crippen molar-refractivity contribution < 1.29 is 13.9 Å². The minimum absolute atomic E-state index is 0.165. The Bertz CT molecular complexity index is 1160. The van der Waals surface area contributed by atoms with E-state index in [1.807, 2.05) is 55.5 Å². The Morgan fingerprint density at radius 1 is 1.00 bits per heavy atom. The lowest BCUT2D eigenvalue weighted by Crippen LogP contribution is -2.14. The molecule has 0 radical (unpaired) electrons. The van der Waals surface area contributed by atoms with E-state index in [4.69, 9.17) is 4.74 Å². The van der Waals surface area contributed by atoms with E-state index in [0.717, 1.165) is 15.4 Å². The lowest BCUT2D eigenvalue weighted by molar-refractivity contribution is -0.115. The normalized spacial score (nSPS) is 10.6. The Morgan fingerprint density at radius 3 is 2.47 bits per heavy atom. The number of carbonyl (C=O) groups is 1. The number of rotatable bonds is 6. The molecule has 1 amide bonds. The summed E-state index contributed by atoms with van der Waals surface area (Å²) in [6.45, 7) is 1.89. The molecule has 1 N–H and O–H groups in total. The number of anilines is 1. The number of nitrogens with zero attached hydrogens (tertiary/aromatic N) is 1. The van der Waals surface area contributed by atoms with Crippen LogP contribution in [0, 0.1) is 12.7 Å². The zero-order valence-corrected chi connectivity index (χ0v) is 17.1. The molecule has 0 fully saturated rings.